The van der Waals surface area contributed by atoms with Crippen LogP contribution in [0.1, 0.15) is 29.7 Å². The van der Waals surface area contributed by atoms with E-state index in [1.807, 2.05) is 67.1 Å². The van der Waals surface area contributed by atoms with Crippen molar-refractivity contribution in [1.29, 1.82) is 0 Å². The van der Waals surface area contributed by atoms with E-state index in [4.69, 9.17) is 11.6 Å². The molecule has 1 fully saturated rings. The second-order valence-corrected chi connectivity index (χ2v) is 8.93. The molecule has 2 aromatic rings. The average Bonchev–Trinajstić information content (AvgIpc) is 3.20. The first-order chi connectivity index (χ1) is 15.3. The molecule has 4 rings (SSSR count). The largest absolute Gasteiger partial charge is 0.338 e. The quantitative estimate of drug-likeness (QED) is 0.772. The number of carbonyl (C=O) groups excluding carboxylic acids is 2. The fourth-order valence-corrected chi connectivity index (χ4v) is 4.19. The number of carbonyl (C=O) groups is 2. The van der Waals surface area contributed by atoms with E-state index in [1.165, 1.54) is 5.01 Å². The van der Waals surface area contributed by atoms with Gasteiger partial charge in [0.2, 0.25) is 5.91 Å². The number of amides is 3. The molecule has 0 radical (unpaired) electrons. The second kappa shape index (κ2) is 9.30. The zero-order valence-corrected chi connectivity index (χ0v) is 19.3. The summed E-state index contributed by atoms with van der Waals surface area (Å²) in [6.45, 7) is 6.06. The highest BCUT2D eigenvalue weighted by Gasteiger charge is 2.39. The van der Waals surface area contributed by atoms with Gasteiger partial charge in [-0.15, -0.1) is 0 Å². The van der Waals surface area contributed by atoms with Crippen molar-refractivity contribution in [2.45, 2.75) is 25.9 Å². The highest BCUT2D eigenvalue weighted by atomic mass is 35.5. The van der Waals surface area contributed by atoms with E-state index in [0.717, 1.165) is 28.9 Å². The molecular formula is C24H28ClN5O2. The highest BCUT2D eigenvalue weighted by Crippen LogP contribution is 2.23. The normalized spacial score (nSPS) is 20.3. The van der Waals surface area contributed by atoms with Gasteiger partial charge in [0.25, 0.3) is 0 Å². The molecular weight excluding hydrogens is 426 g/mol. The van der Waals surface area contributed by atoms with Crippen molar-refractivity contribution < 1.29 is 9.59 Å². The average molecular weight is 454 g/mol. The minimum absolute atomic E-state index is 0.0559. The van der Waals surface area contributed by atoms with Gasteiger partial charge in [-0.3, -0.25) is 9.69 Å². The number of nitrogens with one attached hydrogen (secondary N) is 1. The summed E-state index contributed by atoms with van der Waals surface area (Å²) in [6.07, 6.45) is 0. The Morgan fingerprint density at radius 2 is 1.81 bits per heavy atom. The third-order valence-corrected chi connectivity index (χ3v) is 6.26. The van der Waals surface area contributed by atoms with Crippen molar-refractivity contribution in [3.8, 4) is 0 Å². The summed E-state index contributed by atoms with van der Waals surface area (Å²) in [6, 6.07) is 14.7. The number of halogens is 1. The van der Waals surface area contributed by atoms with Gasteiger partial charge in [0.05, 0.1) is 30.9 Å². The van der Waals surface area contributed by atoms with Crippen molar-refractivity contribution in [2.75, 3.05) is 33.2 Å². The van der Waals surface area contributed by atoms with Crippen molar-refractivity contribution in [2.24, 2.45) is 5.10 Å². The van der Waals surface area contributed by atoms with Crippen LogP contribution in [0.2, 0.25) is 5.02 Å². The number of urea groups is 1. The maximum Gasteiger partial charge on any atom is 0.338 e. The molecule has 0 aliphatic carbocycles. The number of benzene rings is 2. The number of hydrogen-bond donors (Lipinski definition) is 1. The summed E-state index contributed by atoms with van der Waals surface area (Å²) >= 11 is 5.97. The minimum atomic E-state index is -0.291. The first-order valence-corrected chi connectivity index (χ1v) is 11.2. The molecule has 2 aliphatic heterocycles. The molecule has 7 nitrogen and oxygen atoms in total. The smallest absolute Gasteiger partial charge is 0.330 e. The number of piperazine rings is 1. The standard InChI is InChI=1S/C24H28ClN5O2/c1-16-4-6-19(7-5-16)23-21(29-13-12-28(3)15-22(29)31)14-30(27-23)24(32)26-17(2)18-8-10-20(25)11-9-18/h4-11,17,21H,12-15H2,1-3H3,(H,26,32)/t17-,21-/m1/s1. The molecule has 0 aromatic heterocycles. The molecule has 2 aliphatic rings. The fraction of sp³-hybridized carbons (Fsp3) is 0.375. The fourth-order valence-electron chi connectivity index (χ4n) is 4.06. The van der Waals surface area contributed by atoms with Gasteiger partial charge in [-0.25, -0.2) is 9.80 Å². The second-order valence-electron chi connectivity index (χ2n) is 8.50. The third-order valence-electron chi connectivity index (χ3n) is 6.01. The van der Waals surface area contributed by atoms with Gasteiger partial charge in [-0.2, -0.15) is 5.10 Å². The lowest BCUT2D eigenvalue weighted by Gasteiger charge is -2.36. The monoisotopic (exact) mass is 453 g/mol. The van der Waals surface area contributed by atoms with E-state index in [1.54, 1.807) is 12.1 Å². The Balaban J connectivity index is 1.56. The van der Waals surface area contributed by atoms with Crippen LogP contribution in [-0.2, 0) is 4.79 Å². The molecule has 0 spiro atoms. The van der Waals surface area contributed by atoms with Crippen molar-refractivity contribution in [3.63, 3.8) is 0 Å². The lowest BCUT2D eigenvalue weighted by molar-refractivity contribution is -0.136. The van der Waals surface area contributed by atoms with Gasteiger partial charge in [0, 0.05) is 18.1 Å². The molecule has 1 saturated heterocycles. The molecule has 1 N–H and O–H groups in total. The Kier molecular flexibility index (Phi) is 6.48. The van der Waals surface area contributed by atoms with Crippen molar-refractivity contribution in [1.82, 2.24) is 20.1 Å². The van der Waals surface area contributed by atoms with Crippen LogP contribution in [0.4, 0.5) is 4.79 Å². The van der Waals surface area contributed by atoms with Crippen molar-refractivity contribution in [3.05, 3.63) is 70.2 Å². The summed E-state index contributed by atoms with van der Waals surface area (Å²) in [5, 5.41) is 9.77. The minimum Gasteiger partial charge on any atom is -0.330 e. The number of hydrazone groups is 1. The highest BCUT2D eigenvalue weighted by molar-refractivity contribution is 6.30. The van der Waals surface area contributed by atoms with Crippen LogP contribution in [0.25, 0.3) is 0 Å². The Hall–Kier alpha value is -2.90. The SMILES string of the molecule is Cc1ccc(C2=NN(C(=O)N[C@H](C)c3ccc(Cl)cc3)C[C@H]2N2CCN(C)CC2=O)cc1. The van der Waals surface area contributed by atoms with E-state index >= 15 is 0 Å². The summed E-state index contributed by atoms with van der Waals surface area (Å²) < 4.78 is 0. The number of hydrogen-bond acceptors (Lipinski definition) is 4. The van der Waals surface area contributed by atoms with Crippen LogP contribution in [0.15, 0.2) is 53.6 Å². The topological polar surface area (TPSA) is 68.2 Å². The lowest BCUT2D eigenvalue weighted by atomic mass is 10.0. The third kappa shape index (κ3) is 4.79. The van der Waals surface area contributed by atoms with Crippen LogP contribution >= 0.6 is 11.6 Å². The van der Waals surface area contributed by atoms with Crippen LogP contribution < -0.4 is 5.32 Å². The van der Waals surface area contributed by atoms with E-state index in [0.29, 0.717) is 24.7 Å². The molecule has 2 atom stereocenters. The van der Waals surface area contributed by atoms with Gasteiger partial charge in [-0.1, -0.05) is 53.6 Å². The van der Waals surface area contributed by atoms with Crippen molar-refractivity contribution >= 4 is 29.3 Å². The lowest BCUT2D eigenvalue weighted by Crippen LogP contribution is -2.56. The molecule has 0 unspecified atom stereocenters. The van der Waals surface area contributed by atoms with Gasteiger partial charge in [0.1, 0.15) is 0 Å². The molecule has 32 heavy (non-hydrogen) atoms. The van der Waals surface area contributed by atoms with Gasteiger partial charge in [-0.05, 0) is 44.2 Å². The zero-order chi connectivity index (χ0) is 22.8. The number of rotatable bonds is 4. The Morgan fingerprint density at radius 3 is 2.47 bits per heavy atom. The molecule has 0 saturated carbocycles. The zero-order valence-electron chi connectivity index (χ0n) is 18.6. The number of likely N-dealkylation sites (N-methyl/N-ethyl adjacent to an activating group) is 1. The Bertz CT molecular complexity index is 1020. The van der Waals surface area contributed by atoms with Crippen LogP contribution in [0, 0.1) is 6.92 Å². The van der Waals surface area contributed by atoms with E-state index in [9.17, 15) is 9.59 Å². The molecule has 168 valence electrons. The number of aryl methyl sites for hydroxylation is 1. The summed E-state index contributed by atoms with van der Waals surface area (Å²) in [4.78, 5) is 29.7. The van der Waals surface area contributed by atoms with E-state index in [-0.39, 0.29) is 24.0 Å². The van der Waals surface area contributed by atoms with Crippen LogP contribution in [0.5, 0.6) is 0 Å². The molecule has 2 aromatic carbocycles. The van der Waals surface area contributed by atoms with Crippen LogP contribution in [0.3, 0.4) is 0 Å². The first-order valence-electron chi connectivity index (χ1n) is 10.8. The number of nitrogens with zero attached hydrogens (tertiary/aromatic N) is 4. The first kappa shape index (κ1) is 22.3. The predicted octanol–water partition coefficient (Wildman–Crippen LogP) is 3.28. The molecule has 2 heterocycles. The molecule has 3 amide bonds. The summed E-state index contributed by atoms with van der Waals surface area (Å²) in [7, 11) is 1.94. The molecule has 8 heteroatoms. The summed E-state index contributed by atoms with van der Waals surface area (Å²) in [5.41, 5.74) is 3.77. The predicted molar refractivity (Wildman–Crippen MR) is 126 cm³/mol. The van der Waals surface area contributed by atoms with Gasteiger partial charge >= 0.3 is 6.03 Å². The molecule has 0 bridgehead atoms. The van der Waals surface area contributed by atoms with Gasteiger partial charge in [0.15, 0.2) is 0 Å². The van der Waals surface area contributed by atoms with Crippen LogP contribution in [-0.4, -0.2) is 71.7 Å². The maximum atomic E-state index is 13.1. The van der Waals surface area contributed by atoms with E-state index in [2.05, 4.69) is 10.4 Å². The Morgan fingerprint density at radius 1 is 1.12 bits per heavy atom. The van der Waals surface area contributed by atoms with Gasteiger partial charge < -0.3 is 10.2 Å². The van der Waals surface area contributed by atoms with E-state index < -0.39 is 0 Å². The Labute approximate surface area is 193 Å². The summed E-state index contributed by atoms with van der Waals surface area (Å²) in [5.74, 6) is 0.0559. The maximum absolute atomic E-state index is 13.1.